The Morgan fingerprint density at radius 2 is 1.56 bits per heavy atom. The first-order valence-electron chi connectivity index (χ1n) is 7.14. The van der Waals surface area contributed by atoms with E-state index < -0.39 is 8.32 Å². The number of hydrogen-bond donors (Lipinski definition) is 0. The van der Waals surface area contributed by atoms with E-state index in [1.54, 1.807) is 6.08 Å². The van der Waals surface area contributed by atoms with E-state index in [4.69, 9.17) is 9.16 Å². The summed E-state index contributed by atoms with van der Waals surface area (Å²) in [5.41, 5.74) is 0. The molecule has 0 aliphatic heterocycles. The van der Waals surface area contributed by atoms with Gasteiger partial charge in [-0.3, -0.25) is 0 Å². The summed E-state index contributed by atoms with van der Waals surface area (Å²) in [5.74, 6) is 0. The normalized spacial score (nSPS) is 12.7. The molecule has 0 N–H and O–H groups in total. The van der Waals surface area contributed by atoms with Crippen LogP contribution in [0.5, 0.6) is 0 Å². The van der Waals surface area contributed by atoms with Crippen molar-refractivity contribution in [3.8, 4) is 0 Å². The molecule has 0 aliphatic rings. The van der Waals surface area contributed by atoms with Gasteiger partial charge in [-0.15, -0.1) is 6.58 Å². The molecule has 2 nitrogen and oxygen atoms in total. The van der Waals surface area contributed by atoms with Crippen LogP contribution < -0.4 is 0 Å². The van der Waals surface area contributed by atoms with Gasteiger partial charge in [0, 0.05) is 13.2 Å². The highest BCUT2D eigenvalue weighted by Crippen LogP contribution is 2.36. The van der Waals surface area contributed by atoms with E-state index in [1.807, 2.05) is 0 Å². The average Bonchev–Trinajstić information content (AvgIpc) is 2.25. The van der Waals surface area contributed by atoms with Gasteiger partial charge in [0.1, 0.15) is 0 Å². The number of unbranched alkanes of at least 4 members (excludes halogenated alkanes) is 3. The fraction of sp³-hybridized carbons (Fsp3) is 0.867. The second-order valence-electron chi connectivity index (χ2n) is 6.39. The number of rotatable bonds is 10. The van der Waals surface area contributed by atoms with E-state index in [0.29, 0.717) is 11.6 Å². The van der Waals surface area contributed by atoms with E-state index in [-0.39, 0.29) is 0 Å². The van der Waals surface area contributed by atoms with Gasteiger partial charge in [-0.2, -0.15) is 0 Å². The summed E-state index contributed by atoms with van der Waals surface area (Å²) in [6.07, 6.45) is 6.60. The highest BCUT2D eigenvalue weighted by molar-refractivity contribution is 6.74. The highest BCUT2D eigenvalue weighted by Gasteiger charge is 2.36. The maximum absolute atomic E-state index is 6.13. The lowest BCUT2D eigenvalue weighted by Gasteiger charge is -2.36. The third-order valence-electron chi connectivity index (χ3n) is 3.69. The first kappa shape index (κ1) is 17.9. The molecule has 0 radical (unpaired) electrons. The molecule has 108 valence electrons. The van der Waals surface area contributed by atoms with Gasteiger partial charge >= 0.3 is 0 Å². The third-order valence-corrected chi connectivity index (χ3v) is 8.23. The lowest BCUT2D eigenvalue weighted by atomic mass is 10.2. The van der Waals surface area contributed by atoms with Gasteiger partial charge in [0.25, 0.3) is 0 Å². The van der Waals surface area contributed by atoms with Crippen LogP contribution in [0.1, 0.15) is 46.5 Å². The largest absolute Gasteiger partial charge is 0.417 e. The lowest BCUT2D eigenvalue weighted by molar-refractivity contribution is 0.156. The van der Waals surface area contributed by atoms with Crippen molar-refractivity contribution in [2.75, 3.05) is 19.8 Å². The SMILES string of the molecule is C=CCOCCCCCCO[Si](C)(C)C(C)(C)C. The topological polar surface area (TPSA) is 18.5 Å². The Kier molecular flexibility index (Phi) is 8.83. The zero-order chi connectivity index (χ0) is 14.1. The maximum Gasteiger partial charge on any atom is 0.191 e. The molecular formula is C15H32O2Si. The molecule has 0 aromatic carbocycles. The third kappa shape index (κ3) is 8.06. The molecule has 0 atom stereocenters. The van der Waals surface area contributed by atoms with Crippen LogP contribution in [0.15, 0.2) is 12.7 Å². The van der Waals surface area contributed by atoms with Gasteiger partial charge in [0.05, 0.1) is 6.61 Å². The number of hydrogen-bond acceptors (Lipinski definition) is 2. The van der Waals surface area contributed by atoms with Crippen molar-refractivity contribution in [2.24, 2.45) is 0 Å². The zero-order valence-electron chi connectivity index (χ0n) is 13.1. The van der Waals surface area contributed by atoms with E-state index in [1.165, 1.54) is 19.3 Å². The molecule has 0 aromatic heterocycles. The van der Waals surface area contributed by atoms with Crippen LogP contribution in [-0.2, 0) is 9.16 Å². The first-order valence-corrected chi connectivity index (χ1v) is 10.0. The van der Waals surface area contributed by atoms with Gasteiger partial charge in [0.2, 0.25) is 0 Å². The van der Waals surface area contributed by atoms with Gasteiger partial charge < -0.3 is 9.16 Å². The minimum atomic E-state index is -1.53. The van der Waals surface area contributed by atoms with E-state index in [0.717, 1.165) is 19.6 Å². The molecular weight excluding hydrogens is 240 g/mol. The lowest BCUT2D eigenvalue weighted by Crippen LogP contribution is -2.40. The van der Waals surface area contributed by atoms with Crippen molar-refractivity contribution >= 4 is 8.32 Å². The summed E-state index contributed by atoms with van der Waals surface area (Å²) >= 11 is 0. The second-order valence-corrected chi connectivity index (χ2v) is 11.2. The van der Waals surface area contributed by atoms with Crippen LogP contribution in [0, 0.1) is 0 Å². The van der Waals surface area contributed by atoms with Crippen molar-refractivity contribution < 1.29 is 9.16 Å². The van der Waals surface area contributed by atoms with Crippen molar-refractivity contribution in [1.82, 2.24) is 0 Å². The van der Waals surface area contributed by atoms with Crippen LogP contribution in [0.2, 0.25) is 18.1 Å². The molecule has 18 heavy (non-hydrogen) atoms. The molecule has 0 aliphatic carbocycles. The van der Waals surface area contributed by atoms with Gasteiger partial charge in [-0.05, 0) is 31.0 Å². The molecule has 0 amide bonds. The molecule has 0 saturated heterocycles. The van der Waals surface area contributed by atoms with Crippen molar-refractivity contribution in [3.05, 3.63) is 12.7 Å². The maximum atomic E-state index is 6.13. The summed E-state index contributed by atoms with van der Waals surface area (Å²) in [4.78, 5) is 0. The van der Waals surface area contributed by atoms with E-state index >= 15 is 0 Å². The molecule has 0 aromatic rings. The van der Waals surface area contributed by atoms with Crippen LogP contribution in [0.3, 0.4) is 0 Å². The standard InChI is InChI=1S/C15H32O2Si/c1-7-12-16-13-10-8-9-11-14-17-18(5,6)15(2,3)4/h7H,1,8-14H2,2-6H3. The van der Waals surface area contributed by atoms with Crippen LogP contribution in [0.25, 0.3) is 0 Å². The summed E-state index contributed by atoms with van der Waals surface area (Å²) in [5, 5.41) is 0.325. The smallest absolute Gasteiger partial charge is 0.191 e. The fourth-order valence-corrected chi connectivity index (χ4v) is 2.46. The van der Waals surface area contributed by atoms with Gasteiger partial charge in [-0.25, -0.2) is 0 Å². The van der Waals surface area contributed by atoms with Crippen molar-refractivity contribution in [1.29, 1.82) is 0 Å². The fourth-order valence-electron chi connectivity index (χ4n) is 1.37. The first-order chi connectivity index (χ1) is 8.31. The molecule has 0 bridgehead atoms. The van der Waals surface area contributed by atoms with Gasteiger partial charge in [0.15, 0.2) is 8.32 Å². The predicted octanol–water partition coefficient (Wildman–Crippen LogP) is 4.77. The Bertz CT molecular complexity index is 219. The summed E-state index contributed by atoms with van der Waals surface area (Å²) in [6.45, 7) is 17.6. The second kappa shape index (κ2) is 8.89. The molecule has 0 saturated carbocycles. The van der Waals surface area contributed by atoms with Crippen LogP contribution in [-0.4, -0.2) is 28.1 Å². The Morgan fingerprint density at radius 3 is 2.06 bits per heavy atom. The quantitative estimate of drug-likeness (QED) is 0.324. The Hall–Kier alpha value is -0.123. The predicted molar refractivity (Wildman–Crippen MR) is 82.6 cm³/mol. The Balaban J connectivity index is 3.43. The number of ether oxygens (including phenoxy) is 1. The van der Waals surface area contributed by atoms with Crippen LogP contribution >= 0.6 is 0 Å². The van der Waals surface area contributed by atoms with E-state index in [2.05, 4.69) is 40.4 Å². The minimum absolute atomic E-state index is 0.325. The zero-order valence-corrected chi connectivity index (χ0v) is 14.1. The summed E-state index contributed by atoms with van der Waals surface area (Å²) in [7, 11) is -1.53. The highest BCUT2D eigenvalue weighted by atomic mass is 28.4. The minimum Gasteiger partial charge on any atom is -0.417 e. The van der Waals surface area contributed by atoms with Crippen molar-refractivity contribution in [2.45, 2.75) is 64.6 Å². The Morgan fingerprint density at radius 1 is 1.00 bits per heavy atom. The average molecular weight is 273 g/mol. The van der Waals surface area contributed by atoms with Crippen molar-refractivity contribution in [3.63, 3.8) is 0 Å². The van der Waals surface area contributed by atoms with E-state index in [9.17, 15) is 0 Å². The molecule has 0 fully saturated rings. The monoisotopic (exact) mass is 272 g/mol. The molecule has 3 heteroatoms. The van der Waals surface area contributed by atoms with Crippen LogP contribution in [0.4, 0.5) is 0 Å². The Labute approximate surface area is 115 Å². The molecule has 0 unspecified atom stereocenters. The van der Waals surface area contributed by atoms with Gasteiger partial charge in [-0.1, -0.05) is 39.7 Å². The summed E-state index contributed by atoms with van der Waals surface area (Å²) < 4.78 is 11.5. The molecule has 0 rings (SSSR count). The molecule has 0 spiro atoms. The molecule has 0 heterocycles. The summed E-state index contributed by atoms with van der Waals surface area (Å²) in [6, 6.07) is 0.